The van der Waals surface area contributed by atoms with Crippen molar-refractivity contribution in [1.29, 1.82) is 0 Å². The number of aryl methyl sites for hydroxylation is 1. The maximum Gasteiger partial charge on any atom is 0.253 e. The van der Waals surface area contributed by atoms with E-state index in [-0.39, 0.29) is 18.1 Å². The van der Waals surface area contributed by atoms with E-state index in [9.17, 15) is 4.79 Å². The average molecular weight is 313 g/mol. The number of hydrogen-bond acceptors (Lipinski definition) is 3. The molecule has 2 rings (SSSR count). The van der Waals surface area contributed by atoms with E-state index in [4.69, 9.17) is 10.5 Å². The number of amides is 1. The highest BCUT2D eigenvalue weighted by molar-refractivity contribution is 9.10. The number of rotatable bonds is 3. The Hall–Kier alpha value is -0.910. The molecule has 1 fully saturated rings. The molecule has 0 radical (unpaired) electrons. The van der Waals surface area contributed by atoms with Crippen LogP contribution in [0.1, 0.15) is 18.4 Å². The van der Waals surface area contributed by atoms with Crippen molar-refractivity contribution in [2.75, 3.05) is 11.9 Å². The van der Waals surface area contributed by atoms with Crippen molar-refractivity contribution in [3.63, 3.8) is 0 Å². The quantitative estimate of drug-likeness (QED) is 0.899. The molecule has 0 aliphatic carbocycles. The molecule has 1 aliphatic heterocycles. The standard InChI is InChI=1S/C13H17BrN2O2/c1-8-3-2-4-10(12(8)14)16-13(17)11-6-5-9(7-15)18-11/h2-4,9,11H,5-7,15H2,1H3,(H,16,17). The number of ether oxygens (including phenoxy) is 1. The van der Waals surface area contributed by atoms with Gasteiger partial charge in [-0.25, -0.2) is 0 Å². The van der Waals surface area contributed by atoms with Crippen LogP contribution >= 0.6 is 15.9 Å². The van der Waals surface area contributed by atoms with Gasteiger partial charge in [-0.1, -0.05) is 12.1 Å². The molecular formula is C13H17BrN2O2. The molecule has 3 N–H and O–H groups in total. The maximum absolute atomic E-state index is 12.0. The van der Waals surface area contributed by atoms with Crippen molar-refractivity contribution < 1.29 is 9.53 Å². The van der Waals surface area contributed by atoms with Gasteiger partial charge in [-0.05, 0) is 47.3 Å². The molecule has 0 aromatic heterocycles. The second-order valence-electron chi connectivity index (χ2n) is 4.49. The van der Waals surface area contributed by atoms with Crippen molar-refractivity contribution in [3.8, 4) is 0 Å². The summed E-state index contributed by atoms with van der Waals surface area (Å²) in [5.41, 5.74) is 7.39. The van der Waals surface area contributed by atoms with E-state index in [0.717, 1.165) is 28.6 Å². The average Bonchev–Trinajstić information content (AvgIpc) is 2.83. The Balaban J connectivity index is 2.01. The van der Waals surface area contributed by atoms with Gasteiger partial charge in [-0.15, -0.1) is 0 Å². The molecule has 1 aromatic rings. The Bertz CT molecular complexity index is 451. The van der Waals surface area contributed by atoms with E-state index >= 15 is 0 Å². The predicted molar refractivity (Wildman–Crippen MR) is 74.5 cm³/mol. The zero-order chi connectivity index (χ0) is 13.1. The first-order valence-corrected chi connectivity index (χ1v) is 6.82. The Kier molecular flexibility index (Phi) is 4.37. The molecule has 1 saturated heterocycles. The van der Waals surface area contributed by atoms with Gasteiger partial charge in [0, 0.05) is 11.0 Å². The summed E-state index contributed by atoms with van der Waals surface area (Å²) in [5, 5.41) is 2.89. The Morgan fingerprint density at radius 2 is 2.33 bits per heavy atom. The van der Waals surface area contributed by atoms with Crippen LogP contribution in [-0.2, 0) is 9.53 Å². The number of carbonyl (C=O) groups is 1. The first kappa shape index (κ1) is 13.5. The largest absolute Gasteiger partial charge is 0.364 e. The van der Waals surface area contributed by atoms with Gasteiger partial charge >= 0.3 is 0 Å². The van der Waals surface area contributed by atoms with Crippen LogP contribution in [0.15, 0.2) is 22.7 Å². The summed E-state index contributed by atoms with van der Waals surface area (Å²) < 4.78 is 6.47. The van der Waals surface area contributed by atoms with Gasteiger partial charge in [0.05, 0.1) is 11.8 Å². The maximum atomic E-state index is 12.0. The number of benzene rings is 1. The van der Waals surface area contributed by atoms with Crippen molar-refractivity contribution in [3.05, 3.63) is 28.2 Å². The third-order valence-corrected chi connectivity index (χ3v) is 4.17. The van der Waals surface area contributed by atoms with Crippen LogP contribution in [0.3, 0.4) is 0 Å². The summed E-state index contributed by atoms with van der Waals surface area (Å²) in [6, 6.07) is 5.76. The van der Waals surface area contributed by atoms with Crippen LogP contribution in [0, 0.1) is 6.92 Å². The van der Waals surface area contributed by atoms with Crippen molar-refractivity contribution in [2.24, 2.45) is 5.73 Å². The summed E-state index contributed by atoms with van der Waals surface area (Å²) in [7, 11) is 0. The third kappa shape index (κ3) is 2.91. The van der Waals surface area contributed by atoms with Gasteiger partial charge < -0.3 is 15.8 Å². The summed E-state index contributed by atoms with van der Waals surface area (Å²) in [6.07, 6.45) is 1.22. The molecule has 1 amide bonds. The van der Waals surface area contributed by atoms with E-state index in [0.29, 0.717) is 6.54 Å². The van der Waals surface area contributed by atoms with Crippen LogP contribution in [0.4, 0.5) is 5.69 Å². The lowest BCUT2D eigenvalue weighted by Crippen LogP contribution is -2.29. The lowest BCUT2D eigenvalue weighted by Gasteiger charge is -2.14. The van der Waals surface area contributed by atoms with Crippen molar-refractivity contribution >= 4 is 27.5 Å². The molecule has 1 aromatic carbocycles. The molecule has 2 unspecified atom stereocenters. The second-order valence-corrected chi connectivity index (χ2v) is 5.28. The molecule has 2 atom stereocenters. The minimum absolute atomic E-state index is 0.0155. The fourth-order valence-electron chi connectivity index (χ4n) is 2.03. The lowest BCUT2D eigenvalue weighted by atomic mass is 10.1. The Morgan fingerprint density at radius 1 is 1.56 bits per heavy atom. The summed E-state index contributed by atoms with van der Waals surface area (Å²) >= 11 is 3.47. The molecule has 0 spiro atoms. The van der Waals surface area contributed by atoms with E-state index in [1.54, 1.807) is 0 Å². The summed E-state index contributed by atoms with van der Waals surface area (Å²) in [6.45, 7) is 2.45. The molecule has 0 bridgehead atoms. The number of nitrogens with one attached hydrogen (secondary N) is 1. The van der Waals surface area contributed by atoms with Crippen LogP contribution in [0.5, 0.6) is 0 Å². The topological polar surface area (TPSA) is 64.4 Å². The predicted octanol–water partition coefficient (Wildman–Crippen LogP) is 2.20. The van der Waals surface area contributed by atoms with E-state index < -0.39 is 0 Å². The lowest BCUT2D eigenvalue weighted by molar-refractivity contribution is -0.126. The molecule has 1 heterocycles. The van der Waals surface area contributed by atoms with Gasteiger partial charge in [0.2, 0.25) is 0 Å². The monoisotopic (exact) mass is 312 g/mol. The molecular weight excluding hydrogens is 296 g/mol. The van der Waals surface area contributed by atoms with Crippen molar-refractivity contribution in [1.82, 2.24) is 0 Å². The number of anilines is 1. The summed E-state index contributed by atoms with van der Waals surface area (Å²) in [5.74, 6) is -0.0998. The van der Waals surface area contributed by atoms with E-state index in [2.05, 4.69) is 21.2 Å². The summed E-state index contributed by atoms with van der Waals surface area (Å²) in [4.78, 5) is 12.0. The molecule has 5 heteroatoms. The van der Waals surface area contributed by atoms with Crippen LogP contribution in [-0.4, -0.2) is 24.7 Å². The Labute approximate surface area is 115 Å². The van der Waals surface area contributed by atoms with Crippen LogP contribution < -0.4 is 11.1 Å². The highest BCUT2D eigenvalue weighted by Crippen LogP contribution is 2.27. The van der Waals surface area contributed by atoms with Crippen LogP contribution in [0.2, 0.25) is 0 Å². The smallest absolute Gasteiger partial charge is 0.253 e. The zero-order valence-electron chi connectivity index (χ0n) is 10.3. The van der Waals surface area contributed by atoms with Gasteiger partial charge in [0.15, 0.2) is 0 Å². The SMILES string of the molecule is Cc1cccc(NC(=O)C2CCC(CN)O2)c1Br. The van der Waals surface area contributed by atoms with Gasteiger partial charge in [0.1, 0.15) is 6.10 Å². The van der Waals surface area contributed by atoms with E-state index in [1.165, 1.54) is 0 Å². The normalized spacial score (nSPS) is 23.1. The van der Waals surface area contributed by atoms with Gasteiger partial charge in [-0.2, -0.15) is 0 Å². The highest BCUT2D eigenvalue weighted by atomic mass is 79.9. The fraction of sp³-hybridized carbons (Fsp3) is 0.462. The minimum Gasteiger partial charge on any atom is -0.364 e. The minimum atomic E-state index is -0.383. The number of carbonyl (C=O) groups excluding carboxylic acids is 1. The molecule has 1 aliphatic rings. The third-order valence-electron chi connectivity index (χ3n) is 3.11. The van der Waals surface area contributed by atoms with Gasteiger partial charge in [0.25, 0.3) is 5.91 Å². The Morgan fingerprint density at radius 3 is 3.00 bits per heavy atom. The van der Waals surface area contributed by atoms with Gasteiger partial charge in [-0.3, -0.25) is 4.79 Å². The molecule has 0 saturated carbocycles. The molecule has 98 valence electrons. The zero-order valence-corrected chi connectivity index (χ0v) is 11.9. The van der Waals surface area contributed by atoms with Crippen molar-refractivity contribution in [2.45, 2.75) is 32.0 Å². The second kappa shape index (κ2) is 5.82. The first-order chi connectivity index (χ1) is 8.61. The fourth-order valence-corrected chi connectivity index (χ4v) is 2.39. The number of nitrogens with two attached hydrogens (primary N) is 1. The molecule has 4 nitrogen and oxygen atoms in total. The first-order valence-electron chi connectivity index (χ1n) is 6.03. The van der Waals surface area contributed by atoms with E-state index in [1.807, 2.05) is 25.1 Å². The highest BCUT2D eigenvalue weighted by Gasteiger charge is 2.30. The molecule has 18 heavy (non-hydrogen) atoms. The number of halogens is 1. The number of hydrogen-bond donors (Lipinski definition) is 2. The van der Waals surface area contributed by atoms with Crippen LogP contribution in [0.25, 0.3) is 0 Å².